The number of amides is 1. The molecular formula is C17H24FNO3. The van der Waals surface area contributed by atoms with Crippen molar-refractivity contribution in [1.29, 1.82) is 0 Å². The van der Waals surface area contributed by atoms with Crippen molar-refractivity contribution < 1.29 is 19.0 Å². The van der Waals surface area contributed by atoms with Gasteiger partial charge in [-0.3, -0.25) is 4.79 Å². The predicted octanol–water partition coefficient (Wildman–Crippen LogP) is 2.57. The summed E-state index contributed by atoms with van der Waals surface area (Å²) in [7, 11) is 0. The summed E-state index contributed by atoms with van der Waals surface area (Å²) in [5.41, 5.74) is 0.596. The van der Waals surface area contributed by atoms with E-state index in [9.17, 15) is 14.3 Å². The first-order valence-electron chi connectivity index (χ1n) is 7.87. The van der Waals surface area contributed by atoms with Gasteiger partial charge in [0.15, 0.2) is 0 Å². The molecule has 122 valence electrons. The van der Waals surface area contributed by atoms with E-state index in [-0.39, 0.29) is 11.7 Å². The van der Waals surface area contributed by atoms with Crippen LogP contribution < -0.4 is 5.32 Å². The van der Waals surface area contributed by atoms with E-state index in [2.05, 4.69) is 5.32 Å². The van der Waals surface area contributed by atoms with Crippen LogP contribution in [0.15, 0.2) is 24.3 Å². The molecule has 0 spiro atoms. The summed E-state index contributed by atoms with van der Waals surface area (Å²) in [6.45, 7) is 3.32. The zero-order valence-corrected chi connectivity index (χ0v) is 12.9. The van der Waals surface area contributed by atoms with Crippen molar-refractivity contribution in [2.45, 2.75) is 44.8 Å². The van der Waals surface area contributed by atoms with Gasteiger partial charge in [-0.15, -0.1) is 0 Å². The third-order valence-electron chi connectivity index (χ3n) is 4.19. The molecular weight excluding hydrogens is 285 g/mol. The van der Waals surface area contributed by atoms with Gasteiger partial charge in [-0.1, -0.05) is 12.1 Å². The molecule has 1 aliphatic heterocycles. The topological polar surface area (TPSA) is 58.6 Å². The Kier molecular flexibility index (Phi) is 6.34. The third kappa shape index (κ3) is 5.07. The van der Waals surface area contributed by atoms with Gasteiger partial charge in [0.1, 0.15) is 5.82 Å². The standard InChI is InChI=1S/C17H24FNO3/c1-12(17(21)14-3-5-15(18)6-4-14)19-16(20)7-2-13-8-10-22-11-9-13/h3-6,12-13,17,21H,2,7-11H2,1H3,(H,19,20). The highest BCUT2D eigenvalue weighted by Gasteiger charge is 2.20. The maximum absolute atomic E-state index is 12.9. The first-order valence-corrected chi connectivity index (χ1v) is 7.87. The van der Waals surface area contributed by atoms with Crippen LogP contribution in [0.25, 0.3) is 0 Å². The molecule has 0 aromatic heterocycles. The van der Waals surface area contributed by atoms with Crippen molar-refractivity contribution in [3.63, 3.8) is 0 Å². The van der Waals surface area contributed by atoms with E-state index in [0.717, 1.165) is 32.5 Å². The molecule has 5 heteroatoms. The van der Waals surface area contributed by atoms with Gasteiger partial charge in [-0.25, -0.2) is 4.39 Å². The zero-order chi connectivity index (χ0) is 15.9. The number of carbonyl (C=O) groups excluding carboxylic acids is 1. The van der Waals surface area contributed by atoms with Crippen LogP contribution in [-0.2, 0) is 9.53 Å². The number of hydrogen-bond donors (Lipinski definition) is 2. The molecule has 2 rings (SSSR count). The van der Waals surface area contributed by atoms with Gasteiger partial charge in [0.25, 0.3) is 0 Å². The lowest BCUT2D eigenvalue weighted by atomic mass is 9.94. The molecule has 0 bridgehead atoms. The number of benzene rings is 1. The van der Waals surface area contributed by atoms with Crippen molar-refractivity contribution in [2.75, 3.05) is 13.2 Å². The number of carbonyl (C=O) groups is 1. The minimum Gasteiger partial charge on any atom is -0.386 e. The van der Waals surface area contributed by atoms with Crippen LogP contribution in [0.5, 0.6) is 0 Å². The summed E-state index contributed by atoms with van der Waals surface area (Å²) in [5, 5.41) is 13.0. The molecule has 0 aliphatic carbocycles. The molecule has 4 nitrogen and oxygen atoms in total. The highest BCUT2D eigenvalue weighted by molar-refractivity contribution is 5.76. The van der Waals surface area contributed by atoms with Gasteiger partial charge >= 0.3 is 0 Å². The van der Waals surface area contributed by atoms with E-state index in [1.165, 1.54) is 24.3 Å². The summed E-state index contributed by atoms with van der Waals surface area (Å²) in [6, 6.07) is 5.26. The van der Waals surface area contributed by atoms with Gasteiger partial charge in [0.05, 0.1) is 12.1 Å². The second kappa shape index (κ2) is 8.25. The van der Waals surface area contributed by atoms with Crippen LogP contribution in [0.2, 0.25) is 0 Å². The number of halogens is 1. The fourth-order valence-corrected chi connectivity index (χ4v) is 2.72. The van der Waals surface area contributed by atoms with Gasteiger partial charge in [0, 0.05) is 19.6 Å². The Hall–Kier alpha value is -1.46. The quantitative estimate of drug-likeness (QED) is 0.849. The Labute approximate surface area is 130 Å². The van der Waals surface area contributed by atoms with Gasteiger partial charge < -0.3 is 15.2 Å². The second-order valence-electron chi connectivity index (χ2n) is 5.95. The Bertz CT molecular complexity index is 471. The van der Waals surface area contributed by atoms with Crippen LogP contribution in [0.3, 0.4) is 0 Å². The summed E-state index contributed by atoms with van der Waals surface area (Å²) in [6.07, 6.45) is 2.51. The van der Waals surface area contributed by atoms with Crippen molar-refractivity contribution >= 4 is 5.91 Å². The molecule has 1 heterocycles. The van der Waals surface area contributed by atoms with Gasteiger partial charge in [-0.05, 0) is 49.8 Å². The summed E-state index contributed by atoms with van der Waals surface area (Å²) in [4.78, 5) is 12.0. The van der Waals surface area contributed by atoms with E-state index in [4.69, 9.17) is 4.74 Å². The highest BCUT2D eigenvalue weighted by Crippen LogP contribution is 2.21. The average Bonchev–Trinajstić information content (AvgIpc) is 2.54. The lowest BCUT2D eigenvalue weighted by Crippen LogP contribution is -2.37. The fourth-order valence-electron chi connectivity index (χ4n) is 2.72. The lowest BCUT2D eigenvalue weighted by molar-refractivity contribution is -0.123. The van der Waals surface area contributed by atoms with Crippen LogP contribution in [-0.4, -0.2) is 30.3 Å². The molecule has 0 radical (unpaired) electrons. The van der Waals surface area contributed by atoms with Crippen LogP contribution >= 0.6 is 0 Å². The zero-order valence-electron chi connectivity index (χ0n) is 12.9. The smallest absolute Gasteiger partial charge is 0.220 e. The number of hydrogen-bond acceptors (Lipinski definition) is 3. The lowest BCUT2D eigenvalue weighted by Gasteiger charge is -2.23. The number of ether oxygens (including phenoxy) is 1. The molecule has 1 aromatic rings. The molecule has 1 amide bonds. The Morgan fingerprint density at radius 3 is 2.64 bits per heavy atom. The molecule has 2 N–H and O–H groups in total. The molecule has 1 aliphatic rings. The van der Waals surface area contributed by atoms with Gasteiger partial charge in [0.2, 0.25) is 5.91 Å². The largest absolute Gasteiger partial charge is 0.386 e. The van der Waals surface area contributed by atoms with Crippen LogP contribution in [0, 0.1) is 11.7 Å². The summed E-state index contributed by atoms with van der Waals surface area (Å²) >= 11 is 0. The molecule has 2 unspecified atom stereocenters. The van der Waals surface area contributed by atoms with E-state index < -0.39 is 12.1 Å². The third-order valence-corrected chi connectivity index (χ3v) is 4.19. The maximum Gasteiger partial charge on any atom is 0.220 e. The van der Waals surface area contributed by atoms with Crippen molar-refractivity contribution in [2.24, 2.45) is 5.92 Å². The number of nitrogens with one attached hydrogen (secondary N) is 1. The van der Waals surface area contributed by atoms with Gasteiger partial charge in [-0.2, -0.15) is 0 Å². The van der Waals surface area contributed by atoms with E-state index in [1.54, 1.807) is 6.92 Å². The van der Waals surface area contributed by atoms with Crippen LogP contribution in [0.1, 0.15) is 44.3 Å². The summed E-state index contributed by atoms with van der Waals surface area (Å²) < 4.78 is 18.2. The molecule has 1 saturated heterocycles. The molecule has 22 heavy (non-hydrogen) atoms. The number of rotatable bonds is 6. The average molecular weight is 309 g/mol. The van der Waals surface area contributed by atoms with E-state index in [1.807, 2.05) is 0 Å². The Morgan fingerprint density at radius 1 is 1.36 bits per heavy atom. The minimum absolute atomic E-state index is 0.0554. The first-order chi connectivity index (χ1) is 10.6. The number of aliphatic hydroxyl groups is 1. The van der Waals surface area contributed by atoms with E-state index in [0.29, 0.717) is 17.9 Å². The molecule has 0 saturated carbocycles. The Morgan fingerprint density at radius 2 is 2.00 bits per heavy atom. The Balaban J connectivity index is 1.76. The minimum atomic E-state index is -0.840. The van der Waals surface area contributed by atoms with Crippen molar-refractivity contribution in [3.05, 3.63) is 35.6 Å². The fraction of sp³-hybridized carbons (Fsp3) is 0.588. The highest BCUT2D eigenvalue weighted by atomic mass is 19.1. The monoisotopic (exact) mass is 309 g/mol. The molecule has 1 aromatic carbocycles. The SMILES string of the molecule is CC(NC(=O)CCC1CCOCC1)C(O)c1ccc(F)cc1. The first kappa shape index (κ1) is 16.9. The van der Waals surface area contributed by atoms with Crippen molar-refractivity contribution in [3.8, 4) is 0 Å². The van der Waals surface area contributed by atoms with E-state index >= 15 is 0 Å². The van der Waals surface area contributed by atoms with Crippen molar-refractivity contribution in [1.82, 2.24) is 5.32 Å². The summed E-state index contributed by atoms with van der Waals surface area (Å²) in [5.74, 6) is 0.154. The molecule has 2 atom stereocenters. The molecule has 1 fully saturated rings. The maximum atomic E-state index is 12.9. The predicted molar refractivity (Wildman–Crippen MR) is 81.7 cm³/mol. The number of aliphatic hydroxyl groups excluding tert-OH is 1. The second-order valence-corrected chi connectivity index (χ2v) is 5.95. The van der Waals surface area contributed by atoms with Crippen LogP contribution in [0.4, 0.5) is 4.39 Å². The normalized spacial score (nSPS) is 18.7.